The number of aliphatic carboxylic acids is 1. The van der Waals surface area contributed by atoms with Gasteiger partial charge in [0.2, 0.25) is 0 Å². The van der Waals surface area contributed by atoms with Crippen molar-refractivity contribution in [2.24, 2.45) is 7.05 Å². The van der Waals surface area contributed by atoms with Gasteiger partial charge in [-0.1, -0.05) is 13.3 Å². The monoisotopic (exact) mass is 183 g/mol. The molecule has 2 N–H and O–H groups in total. The molecule has 1 heterocycles. The number of hydrogen-bond donors (Lipinski definition) is 2. The fraction of sp³-hybridized carbons (Fsp3) is 0.556. The van der Waals surface area contributed by atoms with Gasteiger partial charge in [-0.25, -0.2) is 9.55 Å². The van der Waals surface area contributed by atoms with Crippen LogP contribution in [0.4, 0.5) is 0 Å². The fourth-order valence-electron chi connectivity index (χ4n) is 1.43. The van der Waals surface area contributed by atoms with Crippen molar-refractivity contribution < 1.29 is 14.5 Å². The average Bonchev–Trinajstić information content (AvgIpc) is 2.47. The first-order valence-corrected chi connectivity index (χ1v) is 4.42. The van der Waals surface area contributed by atoms with Gasteiger partial charge < -0.3 is 5.11 Å². The maximum Gasteiger partial charge on any atom is 0.318 e. The summed E-state index contributed by atoms with van der Waals surface area (Å²) in [5.74, 6) is -0.417. The summed E-state index contributed by atoms with van der Waals surface area (Å²) in [6.07, 6.45) is 5.11. The van der Waals surface area contributed by atoms with E-state index in [0.29, 0.717) is 6.42 Å². The molecular formula is C9H15N2O2+. The van der Waals surface area contributed by atoms with Gasteiger partial charge in [-0.05, 0) is 6.42 Å². The lowest BCUT2D eigenvalue weighted by molar-refractivity contribution is -0.678. The van der Waals surface area contributed by atoms with Crippen LogP contribution in [0, 0.1) is 0 Å². The summed E-state index contributed by atoms with van der Waals surface area (Å²) in [4.78, 5) is 13.9. The first-order valence-electron chi connectivity index (χ1n) is 4.42. The fourth-order valence-corrected chi connectivity index (χ4v) is 1.43. The van der Waals surface area contributed by atoms with E-state index in [9.17, 15) is 4.79 Å². The number of aromatic nitrogens is 2. The lowest BCUT2D eigenvalue weighted by Crippen LogP contribution is -2.34. The molecule has 72 valence electrons. The smallest absolute Gasteiger partial charge is 0.318 e. The minimum absolute atomic E-state index is 0.412. The van der Waals surface area contributed by atoms with Crippen molar-refractivity contribution in [2.45, 2.75) is 25.7 Å². The van der Waals surface area contributed by atoms with E-state index in [0.717, 1.165) is 12.2 Å². The largest absolute Gasteiger partial charge is 0.481 e. The van der Waals surface area contributed by atoms with Crippen molar-refractivity contribution in [1.29, 1.82) is 0 Å². The van der Waals surface area contributed by atoms with E-state index in [4.69, 9.17) is 5.11 Å². The predicted octanol–water partition coefficient (Wildman–Crippen LogP) is 0.807. The summed E-state index contributed by atoms with van der Waals surface area (Å²) >= 11 is 0. The highest BCUT2D eigenvalue weighted by molar-refractivity contribution is 5.74. The molecule has 0 saturated heterocycles. The zero-order chi connectivity index (χ0) is 9.84. The highest BCUT2D eigenvalue weighted by Gasteiger charge is 2.27. The summed E-state index contributed by atoms with van der Waals surface area (Å²) < 4.78 is 1.81. The van der Waals surface area contributed by atoms with Crippen LogP contribution in [-0.4, -0.2) is 16.1 Å². The van der Waals surface area contributed by atoms with Gasteiger partial charge in [-0.3, -0.25) is 4.79 Å². The number of imidazole rings is 1. The second-order valence-electron chi connectivity index (χ2n) is 3.14. The maximum absolute atomic E-state index is 10.9. The lowest BCUT2D eigenvalue weighted by atomic mass is 10.0. The van der Waals surface area contributed by atoms with Gasteiger partial charge in [0, 0.05) is 0 Å². The third-order valence-corrected chi connectivity index (χ3v) is 2.11. The predicted molar refractivity (Wildman–Crippen MR) is 47.3 cm³/mol. The molecule has 0 aromatic carbocycles. The van der Waals surface area contributed by atoms with Crippen LogP contribution >= 0.6 is 0 Å². The van der Waals surface area contributed by atoms with Crippen molar-refractivity contribution in [2.75, 3.05) is 0 Å². The van der Waals surface area contributed by atoms with Gasteiger partial charge in [0.25, 0.3) is 5.82 Å². The quantitative estimate of drug-likeness (QED) is 0.678. The van der Waals surface area contributed by atoms with Crippen molar-refractivity contribution >= 4 is 5.97 Å². The molecule has 0 bridgehead atoms. The molecule has 0 aliphatic heterocycles. The summed E-state index contributed by atoms with van der Waals surface area (Å²) in [5, 5.41) is 8.97. The number of aryl methyl sites for hydroxylation is 1. The third-order valence-electron chi connectivity index (χ3n) is 2.11. The number of hydrogen-bond acceptors (Lipinski definition) is 1. The zero-order valence-corrected chi connectivity index (χ0v) is 7.95. The number of H-pyrrole nitrogens is 1. The van der Waals surface area contributed by atoms with Crippen molar-refractivity contribution in [3.63, 3.8) is 0 Å². The van der Waals surface area contributed by atoms with Crippen LogP contribution in [0.25, 0.3) is 0 Å². The van der Waals surface area contributed by atoms with E-state index in [2.05, 4.69) is 4.98 Å². The average molecular weight is 183 g/mol. The number of nitrogens with zero attached hydrogens (tertiary/aromatic N) is 1. The summed E-state index contributed by atoms with van der Waals surface area (Å²) in [7, 11) is 1.84. The summed E-state index contributed by atoms with van der Waals surface area (Å²) in [6.45, 7) is 1.98. The minimum atomic E-state index is -0.764. The number of carbonyl (C=O) groups is 1. The van der Waals surface area contributed by atoms with Crippen LogP contribution in [0.3, 0.4) is 0 Å². The maximum atomic E-state index is 10.9. The first kappa shape index (κ1) is 9.77. The standard InChI is InChI=1S/C9H14N2O2/c1-3-4-7(9(12)13)8-10-5-6-11(8)2/h5-7H,3-4H2,1-2H3,(H,12,13)/p+1. The van der Waals surface area contributed by atoms with Crippen LogP contribution in [0.1, 0.15) is 31.5 Å². The van der Waals surface area contributed by atoms with Crippen LogP contribution in [-0.2, 0) is 11.8 Å². The molecule has 1 rings (SSSR count). The number of carboxylic acid groups (broad SMARTS) is 1. The molecule has 0 saturated carbocycles. The third kappa shape index (κ3) is 2.08. The molecule has 1 aromatic heterocycles. The topological polar surface area (TPSA) is 57.0 Å². The Balaban J connectivity index is 2.88. The molecule has 0 fully saturated rings. The second-order valence-corrected chi connectivity index (χ2v) is 3.14. The number of nitrogens with one attached hydrogen (secondary N) is 1. The zero-order valence-electron chi connectivity index (χ0n) is 7.95. The van der Waals surface area contributed by atoms with E-state index in [1.807, 2.05) is 24.7 Å². The van der Waals surface area contributed by atoms with E-state index >= 15 is 0 Å². The Labute approximate surface area is 77.2 Å². The molecular weight excluding hydrogens is 168 g/mol. The molecule has 4 heteroatoms. The van der Waals surface area contributed by atoms with E-state index in [1.165, 1.54) is 0 Å². The molecule has 0 amide bonds. The van der Waals surface area contributed by atoms with E-state index < -0.39 is 11.9 Å². The first-order chi connectivity index (χ1) is 6.16. The molecule has 4 nitrogen and oxygen atoms in total. The Bertz CT molecular complexity index is 294. The van der Waals surface area contributed by atoms with Gasteiger partial charge in [0.15, 0.2) is 5.92 Å². The molecule has 13 heavy (non-hydrogen) atoms. The molecule has 1 atom stereocenters. The Morgan fingerprint density at radius 1 is 1.77 bits per heavy atom. The van der Waals surface area contributed by atoms with Crippen LogP contribution in [0.15, 0.2) is 12.4 Å². The molecule has 1 unspecified atom stereocenters. The van der Waals surface area contributed by atoms with Gasteiger partial charge >= 0.3 is 5.97 Å². The Morgan fingerprint density at radius 3 is 2.85 bits per heavy atom. The van der Waals surface area contributed by atoms with Gasteiger partial charge in [-0.2, -0.15) is 0 Å². The molecule has 1 aromatic rings. The van der Waals surface area contributed by atoms with E-state index in [-0.39, 0.29) is 0 Å². The highest BCUT2D eigenvalue weighted by atomic mass is 16.4. The molecule has 0 radical (unpaired) electrons. The van der Waals surface area contributed by atoms with E-state index in [1.54, 1.807) is 6.20 Å². The SMILES string of the molecule is CCCC(C(=O)O)c1[nH]cc[n+]1C. The normalized spacial score (nSPS) is 12.8. The van der Waals surface area contributed by atoms with Crippen LogP contribution in [0.2, 0.25) is 0 Å². The summed E-state index contributed by atoms with van der Waals surface area (Å²) in [6, 6.07) is 0. The molecule has 0 aliphatic carbocycles. The minimum Gasteiger partial charge on any atom is -0.481 e. The van der Waals surface area contributed by atoms with Crippen LogP contribution < -0.4 is 4.57 Å². The number of aromatic amines is 1. The highest BCUT2D eigenvalue weighted by Crippen LogP contribution is 2.16. The lowest BCUT2D eigenvalue weighted by Gasteiger charge is -2.05. The van der Waals surface area contributed by atoms with Crippen molar-refractivity contribution in [3.05, 3.63) is 18.2 Å². The van der Waals surface area contributed by atoms with Crippen LogP contribution in [0.5, 0.6) is 0 Å². The second kappa shape index (κ2) is 4.07. The number of rotatable bonds is 4. The Morgan fingerprint density at radius 2 is 2.46 bits per heavy atom. The Kier molecular flexibility index (Phi) is 3.06. The van der Waals surface area contributed by atoms with Crippen molar-refractivity contribution in [1.82, 2.24) is 4.98 Å². The van der Waals surface area contributed by atoms with Crippen molar-refractivity contribution in [3.8, 4) is 0 Å². The van der Waals surface area contributed by atoms with Gasteiger partial charge in [0.05, 0.1) is 7.05 Å². The molecule has 0 aliphatic rings. The Hall–Kier alpha value is -1.32. The number of carboxylic acids is 1. The molecule has 0 spiro atoms. The van der Waals surface area contributed by atoms with Gasteiger partial charge in [0.1, 0.15) is 12.4 Å². The summed E-state index contributed by atoms with van der Waals surface area (Å²) in [5.41, 5.74) is 0. The van der Waals surface area contributed by atoms with Gasteiger partial charge in [-0.15, -0.1) is 0 Å².